The molecule has 3 aliphatic rings. The molecule has 0 N–H and O–H groups in total. The van der Waals surface area contributed by atoms with Crippen molar-refractivity contribution in [3.8, 4) is 5.75 Å². The Hall–Kier alpha value is -2.34. The number of carbonyl (C=O) groups is 1. The van der Waals surface area contributed by atoms with Crippen LogP contribution in [0, 0.1) is 12.8 Å². The van der Waals surface area contributed by atoms with Gasteiger partial charge in [0.1, 0.15) is 18.2 Å². The van der Waals surface area contributed by atoms with Gasteiger partial charge in [0.2, 0.25) is 0 Å². The molecule has 28 heavy (non-hydrogen) atoms. The second-order valence-electron chi connectivity index (χ2n) is 8.27. The van der Waals surface area contributed by atoms with Gasteiger partial charge in [-0.1, -0.05) is 12.1 Å². The van der Waals surface area contributed by atoms with Gasteiger partial charge in [0.15, 0.2) is 0 Å². The molecule has 2 aromatic rings. The lowest BCUT2D eigenvalue weighted by Gasteiger charge is -2.27. The molecule has 0 spiro atoms. The zero-order chi connectivity index (χ0) is 19.1. The molecule has 148 valence electrons. The maximum Gasteiger partial charge on any atom is 0.258 e. The summed E-state index contributed by atoms with van der Waals surface area (Å²) in [6.45, 7) is 5.80. The van der Waals surface area contributed by atoms with Crippen molar-refractivity contribution in [2.75, 3.05) is 19.8 Å². The summed E-state index contributed by atoms with van der Waals surface area (Å²) >= 11 is 0. The molecule has 1 aromatic carbocycles. The minimum Gasteiger partial charge on any atom is -0.490 e. The van der Waals surface area contributed by atoms with Gasteiger partial charge in [-0.15, -0.1) is 0 Å². The third kappa shape index (κ3) is 3.20. The van der Waals surface area contributed by atoms with E-state index in [1.165, 1.54) is 0 Å². The Balaban J connectivity index is 1.30. The minimum absolute atomic E-state index is 0.106. The number of benzene rings is 1. The van der Waals surface area contributed by atoms with Crippen molar-refractivity contribution in [3.63, 3.8) is 0 Å². The van der Waals surface area contributed by atoms with Crippen molar-refractivity contribution in [3.05, 3.63) is 47.0 Å². The van der Waals surface area contributed by atoms with Crippen LogP contribution in [-0.4, -0.2) is 46.2 Å². The smallest absolute Gasteiger partial charge is 0.258 e. The summed E-state index contributed by atoms with van der Waals surface area (Å²) in [5.74, 6) is 2.46. The largest absolute Gasteiger partial charge is 0.490 e. The first-order valence-electron chi connectivity index (χ1n) is 10.3. The molecule has 2 unspecified atom stereocenters. The lowest BCUT2D eigenvalue weighted by Crippen LogP contribution is -2.33. The fourth-order valence-electron chi connectivity index (χ4n) is 4.70. The minimum atomic E-state index is 0.106. The predicted molar refractivity (Wildman–Crippen MR) is 104 cm³/mol. The van der Waals surface area contributed by atoms with Crippen molar-refractivity contribution < 1.29 is 14.3 Å². The van der Waals surface area contributed by atoms with Gasteiger partial charge < -0.3 is 18.9 Å². The zero-order valence-electron chi connectivity index (χ0n) is 16.4. The molecule has 6 heteroatoms. The Bertz CT molecular complexity index is 885. The number of amides is 1. The Morgan fingerprint density at radius 2 is 2.25 bits per heavy atom. The first kappa shape index (κ1) is 17.7. The normalized spacial score (nSPS) is 23.8. The molecule has 2 atom stereocenters. The number of fused-ring (bicyclic) bond motifs is 2. The number of carbonyl (C=O) groups excluding carboxylic acids is 1. The van der Waals surface area contributed by atoms with Crippen LogP contribution in [0.1, 0.15) is 46.6 Å². The molecule has 3 aliphatic heterocycles. The van der Waals surface area contributed by atoms with Crippen LogP contribution < -0.4 is 4.74 Å². The number of ether oxygens (including phenoxy) is 2. The number of hydrogen-bond donors (Lipinski definition) is 0. The number of nitrogens with zero attached hydrogens (tertiary/aromatic N) is 3. The summed E-state index contributed by atoms with van der Waals surface area (Å²) in [7, 11) is 0. The highest BCUT2D eigenvalue weighted by Gasteiger charge is 2.34. The van der Waals surface area contributed by atoms with Crippen LogP contribution in [-0.2, 0) is 24.2 Å². The van der Waals surface area contributed by atoms with Gasteiger partial charge in [0.05, 0.1) is 11.7 Å². The molecule has 1 aromatic heterocycles. The average molecular weight is 381 g/mol. The molecule has 1 fully saturated rings. The van der Waals surface area contributed by atoms with Crippen LogP contribution in [0.15, 0.2) is 24.5 Å². The fraction of sp³-hybridized carbons (Fsp3) is 0.545. The Morgan fingerprint density at radius 1 is 1.32 bits per heavy atom. The highest BCUT2D eigenvalue weighted by atomic mass is 16.5. The molecular formula is C22H27N3O3. The van der Waals surface area contributed by atoms with Gasteiger partial charge in [-0.3, -0.25) is 4.79 Å². The van der Waals surface area contributed by atoms with E-state index in [9.17, 15) is 4.79 Å². The van der Waals surface area contributed by atoms with E-state index >= 15 is 0 Å². The number of aryl methyl sites for hydroxylation is 2. The molecule has 0 aliphatic carbocycles. The maximum absolute atomic E-state index is 13.2. The maximum atomic E-state index is 13.2. The quantitative estimate of drug-likeness (QED) is 0.799. The van der Waals surface area contributed by atoms with E-state index in [0.29, 0.717) is 19.1 Å². The summed E-state index contributed by atoms with van der Waals surface area (Å²) in [5.41, 5.74) is 2.86. The van der Waals surface area contributed by atoms with Crippen LogP contribution in [0.5, 0.6) is 5.75 Å². The van der Waals surface area contributed by atoms with E-state index in [2.05, 4.69) is 21.7 Å². The van der Waals surface area contributed by atoms with E-state index in [-0.39, 0.29) is 12.0 Å². The number of hydrogen-bond acceptors (Lipinski definition) is 4. The molecule has 4 heterocycles. The highest BCUT2D eigenvalue weighted by molar-refractivity contribution is 6.01. The number of imidazole rings is 1. The zero-order valence-corrected chi connectivity index (χ0v) is 16.4. The van der Waals surface area contributed by atoms with Gasteiger partial charge in [0.25, 0.3) is 5.91 Å². The van der Waals surface area contributed by atoms with Crippen LogP contribution in [0.4, 0.5) is 0 Å². The van der Waals surface area contributed by atoms with E-state index in [0.717, 1.165) is 73.6 Å². The Morgan fingerprint density at radius 3 is 3.11 bits per heavy atom. The summed E-state index contributed by atoms with van der Waals surface area (Å²) in [6, 6.07) is 4.15. The number of rotatable bonds is 5. The summed E-state index contributed by atoms with van der Waals surface area (Å²) in [4.78, 5) is 19.7. The van der Waals surface area contributed by atoms with Crippen LogP contribution in [0.3, 0.4) is 0 Å². The highest BCUT2D eigenvalue weighted by Crippen LogP contribution is 2.35. The first-order chi connectivity index (χ1) is 13.7. The Labute approximate surface area is 165 Å². The molecular weight excluding hydrogens is 354 g/mol. The first-order valence-corrected chi connectivity index (χ1v) is 10.3. The van der Waals surface area contributed by atoms with E-state index in [1.807, 2.05) is 24.2 Å². The molecule has 0 radical (unpaired) electrons. The van der Waals surface area contributed by atoms with Gasteiger partial charge >= 0.3 is 0 Å². The lowest BCUT2D eigenvalue weighted by atomic mass is 9.97. The van der Waals surface area contributed by atoms with Gasteiger partial charge in [-0.2, -0.15) is 0 Å². The van der Waals surface area contributed by atoms with Gasteiger partial charge in [0, 0.05) is 45.1 Å². The predicted octanol–water partition coefficient (Wildman–Crippen LogP) is 2.97. The fourth-order valence-corrected chi connectivity index (χ4v) is 4.70. The second kappa shape index (κ2) is 7.24. The molecule has 1 amide bonds. The van der Waals surface area contributed by atoms with Crippen LogP contribution >= 0.6 is 0 Å². The van der Waals surface area contributed by atoms with E-state index in [4.69, 9.17) is 9.47 Å². The number of aromatic nitrogens is 2. The molecule has 1 saturated heterocycles. The monoisotopic (exact) mass is 381 g/mol. The standard InChI is InChI=1S/C22H27N3O3/c1-15-4-5-17-13-25(12-16-6-8-24-9-7-23-19(24)11-16)22(26)20(17)21(15)28-14-18-3-2-10-27-18/h4-5,7,9,16,18H,2-3,6,8,10-14H2,1H3. The van der Waals surface area contributed by atoms with Crippen LogP contribution in [0.2, 0.25) is 0 Å². The van der Waals surface area contributed by atoms with Crippen molar-refractivity contribution in [1.29, 1.82) is 0 Å². The SMILES string of the molecule is Cc1ccc2c(c1OCC1CCCO1)C(=O)N(CC1CCn3ccnc3C1)C2. The molecule has 6 nitrogen and oxygen atoms in total. The molecule has 0 bridgehead atoms. The van der Waals surface area contributed by atoms with Crippen molar-refractivity contribution in [1.82, 2.24) is 14.5 Å². The average Bonchev–Trinajstić information content (AvgIpc) is 3.43. The van der Waals surface area contributed by atoms with Gasteiger partial charge in [-0.05, 0) is 43.2 Å². The topological polar surface area (TPSA) is 56.6 Å². The van der Waals surface area contributed by atoms with Gasteiger partial charge in [-0.25, -0.2) is 4.98 Å². The van der Waals surface area contributed by atoms with Crippen molar-refractivity contribution in [2.24, 2.45) is 5.92 Å². The lowest BCUT2D eigenvalue weighted by molar-refractivity contribution is 0.0652. The summed E-state index contributed by atoms with van der Waals surface area (Å²) < 4.78 is 14.0. The van der Waals surface area contributed by atoms with Crippen molar-refractivity contribution in [2.45, 2.75) is 51.8 Å². The summed E-state index contributed by atoms with van der Waals surface area (Å²) in [6.07, 6.45) is 8.21. The molecule has 0 saturated carbocycles. The second-order valence-corrected chi connectivity index (χ2v) is 8.27. The third-order valence-electron chi connectivity index (χ3n) is 6.27. The van der Waals surface area contributed by atoms with Crippen molar-refractivity contribution >= 4 is 5.91 Å². The molecule has 5 rings (SSSR count). The third-order valence-corrected chi connectivity index (χ3v) is 6.27. The Kier molecular flexibility index (Phi) is 4.59. The summed E-state index contributed by atoms with van der Waals surface area (Å²) in [5, 5.41) is 0. The van der Waals surface area contributed by atoms with E-state index < -0.39 is 0 Å². The van der Waals surface area contributed by atoms with Crippen LogP contribution in [0.25, 0.3) is 0 Å². The van der Waals surface area contributed by atoms with E-state index in [1.54, 1.807) is 0 Å².